The van der Waals surface area contributed by atoms with E-state index < -0.39 is 17.7 Å². The second-order valence-electron chi connectivity index (χ2n) is 9.16. The lowest BCUT2D eigenvalue weighted by Crippen LogP contribution is -2.30. The number of benzene rings is 4. The SMILES string of the molecule is Nc1ccc2c(c1)CCN(Cc1ccc(Cl)c(Cl)c1)C2.O=C(O)c1ccccc1-c1ccc(C(F)(F)F)cc1. The predicted molar refractivity (Wildman–Crippen MR) is 149 cm³/mol. The van der Waals surface area contributed by atoms with Crippen LogP contribution in [-0.4, -0.2) is 22.5 Å². The van der Waals surface area contributed by atoms with Gasteiger partial charge in [0.15, 0.2) is 0 Å². The van der Waals surface area contributed by atoms with E-state index in [9.17, 15) is 18.0 Å². The molecule has 5 rings (SSSR count). The molecule has 4 aromatic carbocycles. The smallest absolute Gasteiger partial charge is 0.416 e. The highest BCUT2D eigenvalue weighted by Gasteiger charge is 2.30. The largest absolute Gasteiger partial charge is 0.478 e. The van der Waals surface area contributed by atoms with Gasteiger partial charge >= 0.3 is 12.1 Å². The number of nitrogens with two attached hydrogens (primary N) is 1. The molecule has 0 radical (unpaired) electrons. The van der Waals surface area contributed by atoms with Crippen molar-refractivity contribution in [3.8, 4) is 11.1 Å². The third-order valence-corrected chi connectivity index (χ3v) is 7.13. The van der Waals surface area contributed by atoms with Gasteiger partial charge in [-0.3, -0.25) is 4.90 Å². The first kappa shape index (κ1) is 28.5. The van der Waals surface area contributed by atoms with Crippen LogP contribution in [0.15, 0.2) is 84.9 Å². The van der Waals surface area contributed by atoms with E-state index in [2.05, 4.69) is 17.0 Å². The number of anilines is 1. The Balaban J connectivity index is 0.000000181. The summed E-state index contributed by atoms with van der Waals surface area (Å²) >= 11 is 12.0. The molecule has 0 aliphatic carbocycles. The number of halogens is 5. The van der Waals surface area contributed by atoms with Crippen LogP contribution in [0.5, 0.6) is 0 Å². The summed E-state index contributed by atoms with van der Waals surface area (Å²) in [4.78, 5) is 13.5. The molecule has 1 aliphatic rings. The van der Waals surface area contributed by atoms with Crippen LogP contribution in [0.25, 0.3) is 11.1 Å². The molecule has 0 saturated heterocycles. The Morgan fingerprint density at radius 1 is 0.897 bits per heavy atom. The van der Waals surface area contributed by atoms with E-state index in [0.717, 1.165) is 43.9 Å². The van der Waals surface area contributed by atoms with Gasteiger partial charge in [0, 0.05) is 25.3 Å². The van der Waals surface area contributed by atoms with Crippen molar-refractivity contribution in [2.45, 2.75) is 25.7 Å². The summed E-state index contributed by atoms with van der Waals surface area (Å²) in [5, 5.41) is 10.3. The van der Waals surface area contributed by atoms with Gasteiger partial charge < -0.3 is 10.8 Å². The fourth-order valence-electron chi connectivity index (χ4n) is 4.42. The number of rotatable bonds is 4. The van der Waals surface area contributed by atoms with Crippen LogP contribution in [0.2, 0.25) is 10.0 Å². The maximum absolute atomic E-state index is 12.4. The lowest BCUT2D eigenvalue weighted by Gasteiger charge is -2.29. The van der Waals surface area contributed by atoms with Crippen LogP contribution in [-0.2, 0) is 25.7 Å². The fraction of sp³-hybridized carbons (Fsp3) is 0.167. The summed E-state index contributed by atoms with van der Waals surface area (Å²) < 4.78 is 37.3. The molecule has 4 nitrogen and oxygen atoms in total. The van der Waals surface area contributed by atoms with Gasteiger partial charge in [-0.25, -0.2) is 4.79 Å². The molecule has 0 atom stereocenters. The molecule has 0 fully saturated rings. The third-order valence-electron chi connectivity index (χ3n) is 6.39. The number of hydrogen-bond donors (Lipinski definition) is 2. The molecule has 1 heterocycles. The maximum atomic E-state index is 12.4. The van der Waals surface area contributed by atoms with E-state index in [1.807, 2.05) is 24.3 Å². The molecular weight excluding hydrogens is 548 g/mol. The molecule has 0 aromatic heterocycles. The summed E-state index contributed by atoms with van der Waals surface area (Å²) in [5.41, 5.74) is 10.7. The number of carbonyl (C=O) groups is 1. The standard InChI is InChI=1S/C16H16Cl2N2.C14H9F3O2/c17-15-4-1-11(7-16(15)18)9-20-6-5-12-8-14(19)3-2-13(12)10-20;15-14(16,17)10-7-5-9(6-8-10)11-3-1-2-4-12(11)13(18)19/h1-4,7-8H,5-6,9-10,19H2;1-8H,(H,18,19). The van der Waals surface area contributed by atoms with Crippen LogP contribution in [0.3, 0.4) is 0 Å². The molecule has 39 heavy (non-hydrogen) atoms. The highest BCUT2D eigenvalue weighted by molar-refractivity contribution is 6.42. The molecule has 3 N–H and O–H groups in total. The van der Waals surface area contributed by atoms with Gasteiger partial charge in [-0.05, 0) is 76.7 Å². The molecule has 0 bridgehead atoms. The molecule has 1 aliphatic heterocycles. The Bertz CT molecular complexity index is 1470. The monoisotopic (exact) mass is 572 g/mol. The van der Waals surface area contributed by atoms with Crippen LogP contribution in [0.1, 0.15) is 32.6 Å². The first-order chi connectivity index (χ1) is 18.5. The van der Waals surface area contributed by atoms with Gasteiger partial charge in [0.1, 0.15) is 0 Å². The van der Waals surface area contributed by atoms with E-state index in [1.165, 1.54) is 34.9 Å². The fourth-order valence-corrected chi connectivity index (χ4v) is 4.74. The van der Waals surface area contributed by atoms with Gasteiger partial charge in [0.2, 0.25) is 0 Å². The minimum atomic E-state index is -4.40. The van der Waals surface area contributed by atoms with Crippen molar-refractivity contribution in [2.24, 2.45) is 0 Å². The molecule has 0 amide bonds. The minimum absolute atomic E-state index is 0.0576. The summed E-state index contributed by atoms with van der Waals surface area (Å²) in [6, 6.07) is 22.6. The zero-order valence-corrected chi connectivity index (χ0v) is 22.2. The Morgan fingerprint density at radius 3 is 2.28 bits per heavy atom. The number of alkyl halides is 3. The number of aromatic carboxylic acids is 1. The second kappa shape index (κ2) is 12.1. The third kappa shape index (κ3) is 7.32. The van der Waals surface area contributed by atoms with Gasteiger partial charge in [-0.15, -0.1) is 0 Å². The topological polar surface area (TPSA) is 66.6 Å². The first-order valence-corrected chi connectivity index (χ1v) is 12.8. The van der Waals surface area contributed by atoms with Crippen molar-refractivity contribution in [2.75, 3.05) is 12.3 Å². The Labute approximate surface area is 234 Å². The van der Waals surface area contributed by atoms with E-state index in [4.69, 9.17) is 34.0 Å². The van der Waals surface area contributed by atoms with E-state index in [-0.39, 0.29) is 5.56 Å². The van der Waals surface area contributed by atoms with E-state index >= 15 is 0 Å². The van der Waals surface area contributed by atoms with Crippen molar-refractivity contribution in [3.05, 3.63) is 123 Å². The van der Waals surface area contributed by atoms with Crippen LogP contribution in [0, 0.1) is 0 Å². The zero-order valence-electron chi connectivity index (χ0n) is 20.7. The van der Waals surface area contributed by atoms with Crippen molar-refractivity contribution < 1.29 is 23.1 Å². The van der Waals surface area contributed by atoms with Crippen LogP contribution < -0.4 is 5.73 Å². The van der Waals surface area contributed by atoms with Crippen LogP contribution in [0.4, 0.5) is 18.9 Å². The summed E-state index contributed by atoms with van der Waals surface area (Å²) in [6.07, 6.45) is -3.35. The molecule has 0 spiro atoms. The molecule has 202 valence electrons. The lowest BCUT2D eigenvalue weighted by atomic mass is 9.98. The maximum Gasteiger partial charge on any atom is 0.416 e. The number of fused-ring (bicyclic) bond motifs is 1. The number of carboxylic acids is 1. The Hall–Kier alpha value is -3.52. The number of nitrogen functional groups attached to an aromatic ring is 1. The van der Waals surface area contributed by atoms with Crippen LogP contribution >= 0.6 is 23.2 Å². The predicted octanol–water partition coefficient (Wildman–Crippen LogP) is 8.20. The van der Waals surface area contributed by atoms with Crippen molar-refractivity contribution in [3.63, 3.8) is 0 Å². The zero-order chi connectivity index (χ0) is 28.2. The van der Waals surface area contributed by atoms with E-state index in [0.29, 0.717) is 21.2 Å². The van der Waals surface area contributed by atoms with Gasteiger partial charge in [-0.2, -0.15) is 13.2 Å². The second-order valence-corrected chi connectivity index (χ2v) is 9.98. The average molecular weight is 573 g/mol. The number of nitrogens with zero attached hydrogens (tertiary/aromatic N) is 1. The van der Waals surface area contributed by atoms with Gasteiger partial charge in [-0.1, -0.05) is 65.7 Å². The van der Waals surface area contributed by atoms with Gasteiger partial charge in [0.05, 0.1) is 21.2 Å². The average Bonchev–Trinajstić information content (AvgIpc) is 2.91. The van der Waals surface area contributed by atoms with E-state index in [1.54, 1.807) is 18.2 Å². The molecule has 9 heteroatoms. The summed E-state index contributed by atoms with van der Waals surface area (Å²) in [7, 11) is 0. The molecule has 4 aromatic rings. The minimum Gasteiger partial charge on any atom is -0.478 e. The molecule has 0 saturated carbocycles. The van der Waals surface area contributed by atoms with Crippen molar-refractivity contribution >= 4 is 34.9 Å². The highest BCUT2D eigenvalue weighted by atomic mass is 35.5. The quantitative estimate of drug-likeness (QED) is 0.242. The Kier molecular flexibility index (Phi) is 8.85. The molecule has 0 unspecified atom stereocenters. The first-order valence-electron chi connectivity index (χ1n) is 12.0. The van der Waals surface area contributed by atoms with Crippen molar-refractivity contribution in [1.29, 1.82) is 0 Å². The highest BCUT2D eigenvalue weighted by Crippen LogP contribution is 2.32. The normalized spacial score (nSPS) is 13.3. The van der Waals surface area contributed by atoms with Gasteiger partial charge in [0.25, 0.3) is 0 Å². The number of carboxylic acid groups (broad SMARTS) is 1. The summed E-state index contributed by atoms with van der Waals surface area (Å²) in [5.74, 6) is -1.12. The van der Waals surface area contributed by atoms with Crippen molar-refractivity contribution in [1.82, 2.24) is 4.90 Å². The number of hydrogen-bond acceptors (Lipinski definition) is 3. The summed E-state index contributed by atoms with van der Waals surface area (Å²) in [6.45, 7) is 2.88. The molecular formula is C30H25Cl2F3N2O2. The lowest BCUT2D eigenvalue weighted by molar-refractivity contribution is -0.137. The Morgan fingerprint density at radius 2 is 1.62 bits per heavy atom.